The number of hydrogen-bond acceptors (Lipinski definition) is 4. The number of aromatic nitrogens is 2. The minimum Gasteiger partial charge on any atom is -0.497 e. The standard InChI is InChI=1S/C18H18N2O3/c1-12-3-5-13(6-4-12)17(21)10-20-11-19-16-9-14(23-2)7-8-15(16)18(20)22/h3-9,11,17,21H,10H2,1-2H3. The molecule has 2 aromatic carbocycles. The van der Waals surface area contributed by atoms with E-state index in [1.807, 2.05) is 31.2 Å². The molecule has 23 heavy (non-hydrogen) atoms. The van der Waals surface area contributed by atoms with Gasteiger partial charge >= 0.3 is 0 Å². The quantitative estimate of drug-likeness (QED) is 0.804. The lowest BCUT2D eigenvalue weighted by atomic mass is 10.1. The van der Waals surface area contributed by atoms with Crippen LogP contribution >= 0.6 is 0 Å². The number of aliphatic hydroxyl groups is 1. The molecule has 1 heterocycles. The van der Waals surface area contributed by atoms with Gasteiger partial charge in [0, 0.05) is 6.07 Å². The molecule has 0 fully saturated rings. The number of ether oxygens (including phenoxy) is 1. The van der Waals surface area contributed by atoms with E-state index in [0.717, 1.165) is 11.1 Å². The average Bonchev–Trinajstić information content (AvgIpc) is 2.57. The van der Waals surface area contributed by atoms with Crippen molar-refractivity contribution in [3.05, 3.63) is 70.3 Å². The van der Waals surface area contributed by atoms with Crippen LogP contribution in [0.15, 0.2) is 53.6 Å². The van der Waals surface area contributed by atoms with Gasteiger partial charge in [-0.2, -0.15) is 0 Å². The molecule has 0 aliphatic carbocycles. The SMILES string of the molecule is COc1ccc2c(=O)n(CC(O)c3ccc(C)cc3)cnc2c1. The average molecular weight is 310 g/mol. The van der Waals surface area contributed by atoms with Crippen molar-refractivity contribution >= 4 is 10.9 Å². The van der Waals surface area contributed by atoms with Crippen molar-refractivity contribution in [1.29, 1.82) is 0 Å². The highest BCUT2D eigenvalue weighted by molar-refractivity contribution is 5.78. The molecule has 0 amide bonds. The van der Waals surface area contributed by atoms with Crippen LogP contribution in [0.4, 0.5) is 0 Å². The van der Waals surface area contributed by atoms with Crippen LogP contribution in [-0.4, -0.2) is 21.8 Å². The van der Waals surface area contributed by atoms with Crippen molar-refractivity contribution in [3.8, 4) is 5.75 Å². The summed E-state index contributed by atoms with van der Waals surface area (Å²) in [6.45, 7) is 2.15. The number of nitrogens with zero attached hydrogens (tertiary/aromatic N) is 2. The Morgan fingerprint density at radius 1 is 1.22 bits per heavy atom. The zero-order valence-corrected chi connectivity index (χ0v) is 13.1. The number of benzene rings is 2. The van der Waals surface area contributed by atoms with E-state index in [1.54, 1.807) is 25.3 Å². The summed E-state index contributed by atoms with van der Waals surface area (Å²) in [7, 11) is 1.57. The monoisotopic (exact) mass is 310 g/mol. The van der Waals surface area contributed by atoms with E-state index in [-0.39, 0.29) is 12.1 Å². The second kappa shape index (κ2) is 6.22. The molecular weight excluding hydrogens is 292 g/mol. The summed E-state index contributed by atoms with van der Waals surface area (Å²) in [4.78, 5) is 16.8. The van der Waals surface area contributed by atoms with Crippen LogP contribution < -0.4 is 10.3 Å². The summed E-state index contributed by atoms with van der Waals surface area (Å²) in [5.74, 6) is 0.654. The molecule has 3 rings (SSSR count). The summed E-state index contributed by atoms with van der Waals surface area (Å²) in [6, 6.07) is 12.7. The maximum atomic E-state index is 12.5. The van der Waals surface area contributed by atoms with Gasteiger partial charge < -0.3 is 9.84 Å². The van der Waals surface area contributed by atoms with Gasteiger partial charge in [-0.15, -0.1) is 0 Å². The molecule has 5 heteroatoms. The van der Waals surface area contributed by atoms with Gasteiger partial charge in [-0.05, 0) is 24.6 Å². The van der Waals surface area contributed by atoms with Gasteiger partial charge in [0.2, 0.25) is 0 Å². The van der Waals surface area contributed by atoms with Crippen LogP contribution in [0.25, 0.3) is 10.9 Å². The number of hydrogen-bond donors (Lipinski definition) is 1. The molecule has 0 aliphatic rings. The zero-order chi connectivity index (χ0) is 16.4. The molecule has 0 bridgehead atoms. The first-order chi connectivity index (χ1) is 11.1. The Bertz CT molecular complexity index is 885. The van der Waals surface area contributed by atoms with Crippen LogP contribution in [-0.2, 0) is 6.54 Å². The second-order valence-corrected chi connectivity index (χ2v) is 5.51. The Kier molecular flexibility index (Phi) is 4.12. The summed E-state index contributed by atoms with van der Waals surface area (Å²) in [6.07, 6.45) is 0.701. The smallest absolute Gasteiger partial charge is 0.261 e. The Morgan fingerprint density at radius 2 is 1.96 bits per heavy atom. The third kappa shape index (κ3) is 3.10. The lowest BCUT2D eigenvalue weighted by Gasteiger charge is -2.13. The number of aliphatic hydroxyl groups excluding tert-OH is 1. The largest absolute Gasteiger partial charge is 0.497 e. The molecule has 118 valence electrons. The summed E-state index contributed by atoms with van der Waals surface area (Å²) >= 11 is 0. The third-order valence-electron chi connectivity index (χ3n) is 3.86. The van der Waals surface area contributed by atoms with Crippen LogP contribution in [0.5, 0.6) is 5.75 Å². The Hall–Kier alpha value is -2.66. The molecule has 3 aromatic rings. The maximum Gasteiger partial charge on any atom is 0.261 e. The minimum atomic E-state index is -0.759. The van der Waals surface area contributed by atoms with Crippen molar-refractivity contribution in [2.45, 2.75) is 19.6 Å². The molecule has 0 saturated heterocycles. The fourth-order valence-corrected chi connectivity index (χ4v) is 2.48. The molecule has 1 atom stereocenters. The first-order valence-corrected chi connectivity index (χ1v) is 7.36. The van der Waals surface area contributed by atoms with Crippen molar-refractivity contribution in [3.63, 3.8) is 0 Å². The van der Waals surface area contributed by atoms with Crippen LogP contribution in [0.1, 0.15) is 17.2 Å². The molecule has 0 spiro atoms. The summed E-state index contributed by atoms with van der Waals surface area (Å²) in [5.41, 5.74) is 2.30. The highest BCUT2D eigenvalue weighted by Gasteiger charge is 2.11. The Balaban J connectivity index is 1.92. The number of fused-ring (bicyclic) bond motifs is 1. The van der Waals surface area contributed by atoms with Gasteiger partial charge in [-0.3, -0.25) is 9.36 Å². The number of rotatable bonds is 4. The molecule has 1 N–H and O–H groups in total. The van der Waals surface area contributed by atoms with Crippen LogP contribution in [0.2, 0.25) is 0 Å². The van der Waals surface area contributed by atoms with Crippen molar-refractivity contribution < 1.29 is 9.84 Å². The third-order valence-corrected chi connectivity index (χ3v) is 3.86. The van der Waals surface area contributed by atoms with Gasteiger partial charge in [-0.25, -0.2) is 4.98 Å². The molecule has 0 aliphatic heterocycles. The number of aryl methyl sites for hydroxylation is 1. The molecule has 0 saturated carbocycles. The topological polar surface area (TPSA) is 64.3 Å². The fourth-order valence-electron chi connectivity index (χ4n) is 2.48. The molecule has 1 aromatic heterocycles. The molecule has 0 radical (unpaired) electrons. The summed E-state index contributed by atoms with van der Waals surface area (Å²) < 4.78 is 6.57. The van der Waals surface area contributed by atoms with E-state index < -0.39 is 6.10 Å². The summed E-state index contributed by atoms with van der Waals surface area (Å²) in [5, 5.41) is 10.8. The normalized spacial score (nSPS) is 12.3. The van der Waals surface area contributed by atoms with E-state index >= 15 is 0 Å². The molecule has 1 unspecified atom stereocenters. The number of methoxy groups -OCH3 is 1. The predicted molar refractivity (Wildman–Crippen MR) is 88.7 cm³/mol. The first kappa shape index (κ1) is 15.2. The Labute approximate surface area is 133 Å². The zero-order valence-electron chi connectivity index (χ0n) is 13.1. The van der Waals surface area contributed by atoms with Gasteiger partial charge in [0.05, 0.1) is 37.0 Å². The van der Waals surface area contributed by atoms with Crippen molar-refractivity contribution in [2.24, 2.45) is 0 Å². The van der Waals surface area contributed by atoms with Crippen LogP contribution in [0, 0.1) is 6.92 Å². The van der Waals surface area contributed by atoms with Crippen molar-refractivity contribution in [2.75, 3.05) is 7.11 Å². The van der Waals surface area contributed by atoms with E-state index in [0.29, 0.717) is 16.7 Å². The highest BCUT2D eigenvalue weighted by atomic mass is 16.5. The first-order valence-electron chi connectivity index (χ1n) is 7.36. The maximum absolute atomic E-state index is 12.5. The lowest BCUT2D eigenvalue weighted by molar-refractivity contribution is 0.155. The fraction of sp³-hybridized carbons (Fsp3) is 0.222. The van der Waals surface area contributed by atoms with Gasteiger partial charge in [0.25, 0.3) is 5.56 Å². The van der Waals surface area contributed by atoms with E-state index in [1.165, 1.54) is 10.9 Å². The highest BCUT2D eigenvalue weighted by Crippen LogP contribution is 2.18. The lowest BCUT2D eigenvalue weighted by Crippen LogP contribution is -2.23. The van der Waals surface area contributed by atoms with Gasteiger partial charge in [0.1, 0.15) is 5.75 Å². The molecular formula is C18H18N2O3. The minimum absolute atomic E-state index is 0.164. The van der Waals surface area contributed by atoms with Gasteiger partial charge in [0.15, 0.2) is 0 Å². The van der Waals surface area contributed by atoms with Gasteiger partial charge in [-0.1, -0.05) is 29.8 Å². The van der Waals surface area contributed by atoms with E-state index in [9.17, 15) is 9.90 Å². The van der Waals surface area contributed by atoms with E-state index in [4.69, 9.17) is 4.74 Å². The Morgan fingerprint density at radius 3 is 2.65 bits per heavy atom. The molecule has 5 nitrogen and oxygen atoms in total. The predicted octanol–water partition coefficient (Wildman–Crippen LogP) is 2.45. The van der Waals surface area contributed by atoms with E-state index in [2.05, 4.69) is 4.98 Å². The second-order valence-electron chi connectivity index (χ2n) is 5.51. The van der Waals surface area contributed by atoms with Crippen molar-refractivity contribution in [1.82, 2.24) is 9.55 Å². The van der Waals surface area contributed by atoms with Crippen LogP contribution in [0.3, 0.4) is 0 Å².